The fourth-order valence-corrected chi connectivity index (χ4v) is 3.52. The highest BCUT2D eigenvalue weighted by atomic mass is 16.5. The van der Waals surface area contributed by atoms with E-state index in [0.717, 1.165) is 10.5 Å². The fraction of sp³-hybridized carbons (Fsp3) is 0.429. The van der Waals surface area contributed by atoms with E-state index in [1.165, 1.54) is 13.8 Å². The number of hydrogen-bond acceptors (Lipinski definition) is 5. The van der Waals surface area contributed by atoms with Crippen molar-refractivity contribution in [3.05, 3.63) is 42.0 Å². The summed E-state index contributed by atoms with van der Waals surface area (Å²) in [5.41, 5.74) is 1.65. The largest absolute Gasteiger partial charge is 0.451 e. The first kappa shape index (κ1) is 19.8. The van der Waals surface area contributed by atoms with Crippen LogP contribution in [0.25, 0.3) is 0 Å². The molecule has 28 heavy (non-hydrogen) atoms. The summed E-state index contributed by atoms with van der Waals surface area (Å²) in [4.78, 5) is 50.9. The van der Waals surface area contributed by atoms with Gasteiger partial charge in [-0.2, -0.15) is 0 Å². The van der Waals surface area contributed by atoms with E-state index in [-0.39, 0.29) is 11.8 Å². The number of carbonyl (C=O) groups excluding carboxylic acids is 4. The summed E-state index contributed by atoms with van der Waals surface area (Å²) in [6.07, 6.45) is 3.71. The SMILES string of the molecule is Cc1ccc(NC(=O)[C@H](C)OC(=O)[C@H](C)N2C(=O)[C@H]3CC=CC[C@@H]3C2=O)cc1. The van der Waals surface area contributed by atoms with Crippen molar-refractivity contribution in [1.82, 2.24) is 4.90 Å². The molecule has 1 heterocycles. The Hall–Kier alpha value is -2.96. The number of imide groups is 1. The second-order valence-electron chi connectivity index (χ2n) is 7.31. The number of aryl methyl sites for hydroxylation is 1. The van der Waals surface area contributed by atoms with Crippen LogP contribution >= 0.6 is 0 Å². The van der Waals surface area contributed by atoms with E-state index in [2.05, 4.69) is 5.32 Å². The predicted octanol–water partition coefficient (Wildman–Crippen LogP) is 2.20. The third-order valence-corrected chi connectivity index (χ3v) is 5.25. The third-order valence-electron chi connectivity index (χ3n) is 5.25. The van der Waals surface area contributed by atoms with Gasteiger partial charge in [0, 0.05) is 5.69 Å². The Morgan fingerprint density at radius 3 is 2.11 bits per heavy atom. The van der Waals surface area contributed by atoms with E-state index in [1.807, 2.05) is 31.2 Å². The zero-order chi connectivity index (χ0) is 20.4. The van der Waals surface area contributed by atoms with Gasteiger partial charge in [-0.1, -0.05) is 29.8 Å². The smallest absolute Gasteiger partial charge is 0.329 e. The van der Waals surface area contributed by atoms with Crippen LogP contribution in [0.1, 0.15) is 32.3 Å². The molecular weight excluding hydrogens is 360 g/mol. The molecular formula is C21H24N2O5. The summed E-state index contributed by atoms with van der Waals surface area (Å²) >= 11 is 0. The molecule has 0 aromatic heterocycles. The molecule has 0 saturated carbocycles. The van der Waals surface area contributed by atoms with E-state index in [4.69, 9.17) is 4.74 Å². The predicted molar refractivity (Wildman–Crippen MR) is 102 cm³/mol. The van der Waals surface area contributed by atoms with Gasteiger partial charge < -0.3 is 10.1 Å². The molecule has 3 amide bonds. The van der Waals surface area contributed by atoms with Crippen molar-refractivity contribution >= 4 is 29.4 Å². The molecule has 0 spiro atoms. The molecule has 4 atom stereocenters. The normalized spacial score (nSPS) is 23.2. The van der Waals surface area contributed by atoms with Crippen molar-refractivity contribution in [3.8, 4) is 0 Å². The number of carbonyl (C=O) groups is 4. The topological polar surface area (TPSA) is 92.8 Å². The van der Waals surface area contributed by atoms with Crippen LogP contribution in [0.4, 0.5) is 5.69 Å². The molecule has 1 saturated heterocycles. The molecule has 1 aliphatic carbocycles. The van der Waals surface area contributed by atoms with E-state index >= 15 is 0 Å². The number of nitrogens with one attached hydrogen (secondary N) is 1. The second kappa shape index (κ2) is 7.96. The molecule has 1 aliphatic heterocycles. The van der Waals surface area contributed by atoms with E-state index in [0.29, 0.717) is 18.5 Å². The average Bonchev–Trinajstić information content (AvgIpc) is 2.93. The minimum atomic E-state index is -1.07. The molecule has 1 aromatic carbocycles. The second-order valence-corrected chi connectivity index (χ2v) is 7.31. The standard InChI is InChI=1S/C21H24N2O5/c1-12-8-10-15(11-9-12)22-18(24)14(3)28-21(27)13(2)23-19(25)16-6-4-5-7-17(16)20(23)26/h4-5,8-11,13-14,16-17H,6-7H2,1-3H3,(H,22,24)/t13-,14-,16-,17-/m0/s1. The lowest BCUT2D eigenvalue weighted by molar-refractivity contribution is -0.163. The first-order chi connectivity index (χ1) is 13.3. The van der Waals surface area contributed by atoms with Gasteiger partial charge in [0.05, 0.1) is 11.8 Å². The van der Waals surface area contributed by atoms with Crippen LogP contribution in [0.5, 0.6) is 0 Å². The number of benzene rings is 1. The number of allylic oxidation sites excluding steroid dienone is 2. The first-order valence-electron chi connectivity index (χ1n) is 9.39. The van der Waals surface area contributed by atoms with Gasteiger partial charge in [0.25, 0.3) is 5.91 Å². The number of anilines is 1. The lowest BCUT2D eigenvalue weighted by atomic mass is 9.85. The Bertz CT molecular complexity index is 804. The van der Waals surface area contributed by atoms with Crippen molar-refractivity contribution in [2.24, 2.45) is 11.8 Å². The van der Waals surface area contributed by atoms with Gasteiger partial charge in [-0.05, 0) is 45.7 Å². The summed E-state index contributed by atoms with van der Waals surface area (Å²) in [5, 5.41) is 2.67. The summed E-state index contributed by atoms with van der Waals surface area (Å²) in [5.74, 6) is -2.77. The molecule has 0 unspecified atom stereocenters. The molecule has 2 aliphatic rings. The highest BCUT2D eigenvalue weighted by Gasteiger charge is 2.50. The zero-order valence-corrected chi connectivity index (χ0v) is 16.2. The third kappa shape index (κ3) is 3.83. The number of hydrogen-bond donors (Lipinski definition) is 1. The molecule has 0 radical (unpaired) electrons. The number of amides is 3. The van der Waals surface area contributed by atoms with Gasteiger partial charge in [-0.25, -0.2) is 4.79 Å². The Kier molecular flexibility index (Phi) is 5.63. The minimum Gasteiger partial charge on any atom is -0.451 e. The number of esters is 1. The van der Waals surface area contributed by atoms with Crippen LogP contribution < -0.4 is 5.32 Å². The quantitative estimate of drug-likeness (QED) is 0.477. The number of nitrogens with zero attached hydrogens (tertiary/aromatic N) is 1. The van der Waals surface area contributed by atoms with E-state index in [1.54, 1.807) is 12.1 Å². The maximum atomic E-state index is 12.6. The van der Waals surface area contributed by atoms with Crippen LogP contribution in [0, 0.1) is 18.8 Å². The number of fused-ring (bicyclic) bond motifs is 1. The summed E-state index contributed by atoms with van der Waals surface area (Å²) in [6.45, 7) is 4.84. The average molecular weight is 384 g/mol. The first-order valence-corrected chi connectivity index (χ1v) is 9.39. The van der Waals surface area contributed by atoms with Crippen molar-refractivity contribution in [2.75, 3.05) is 5.32 Å². The number of ether oxygens (including phenoxy) is 1. The Balaban J connectivity index is 1.60. The van der Waals surface area contributed by atoms with Crippen LogP contribution in [0.3, 0.4) is 0 Å². The van der Waals surface area contributed by atoms with Gasteiger partial charge in [0.2, 0.25) is 11.8 Å². The molecule has 1 aromatic rings. The van der Waals surface area contributed by atoms with E-state index in [9.17, 15) is 19.2 Å². The molecule has 7 nitrogen and oxygen atoms in total. The molecule has 7 heteroatoms. The minimum absolute atomic E-state index is 0.347. The van der Waals surface area contributed by atoms with E-state index < -0.39 is 35.9 Å². The Labute approximate surface area is 163 Å². The van der Waals surface area contributed by atoms with Crippen LogP contribution in [0.15, 0.2) is 36.4 Å². The molecule has 3 rings (SSSR count). The van der Waals surface area contributed by atoms with Crippen molar-refractivity contribution in [2.45, 2.75) is 45.8 Å². The Morgan fingerprint density at radius 2 is 1.57 bits per heavy atom. The van der Waals surface area contributed by atoms with Crippen molar-refractivity contribution in [1.29, 1.82) is 0 Å². The van der Waals surface area contributed by atoms with Gasteiger partial charge in [0.15, 0.2) is 6.10 Å². The summed E-state index contributed by atoms with van der Waals surface area (Å²) in [6, 6.07) is 6.14. The van der Waals surface area contributed by atoms with Gasteiger partial charge in [-0.3, -0.25) is 19.3 Å². The van der Waals surface area contributed by atoms with Crippen molar-refractivity contribution in [3.63, 3.8) is 0 Å². The maximum Gasteiger partial charge on any atom is 0.329 e. The molecule has 148 valence electrons. The highest BCUT2D eigenvalue weighted by molar-refractivity contribution is 6.08. The monoisotopic (exact) mass is 384 g/mol. The van der Waals surface area contributed by atoms with Crippen LogP contribution in [0.2, 0.25) is 0 Å². The Morgan fingerprint density at radius 1 is 1.04 bits per heavy atom. The molecule has 1 fully saturated rings. The number of likely N-dealkylation sites (tertiary alicyclic amines) is 1. The van der Waals surface area contributed by atoms with Crippen LogP contribution in [-0.2, 0) is 23.9 Å². The highest BCUT2D eigenvalue weighted by Crippen LogP contribution is 2.36. The lowest BCUT2D eigenvalue weighted by Crippen LogP contribution is -2.46. The van der Waals surface area contributed by atoms with Gasteiger partial charge in [0.1, 0.15) is 6.04 Å². The fourth-order valence-electron chi connectivity index (χ4n) is 3.52. The zero-order valence-electron chi connectivity index (χ0n) is 16.2. The lowest BCUT2D eigenvalue weighted by Gasteiger charge is -2.23. The molecule has 1 N–H and O–H groups in total. The van der Waals surface area contributed by atoms with Crippen molar-refractivity contribution < 1.29 is 23.9 Å². The summed E-state index contributed by atoms with van der Waals surface area (Å²) < 4.78 is 5.22. The number of rotatable bonds is 5. The molecule has 0 bridgehead atoms. The van der Waals surface area contributed by atoms with Gasteiger partial charge in [-0.15, -0.1) is 0 Å². The maximum absolute atomic E-state index is 12.6. The summed E-state index contributed by atoms with van der Waals surface area (Å²) in [7, 11) is 0. The van der Waals surface area contributed by atoms with Gasteiger partial charge >= 0.3 is 5.97 Å². The van der Waals surface area contributed by atoms with Crippen LogP contribution in [-0.4, -0.2) is 40.7 Å².